The molecule has 2 heterocycles. The molecule has 0 radical (unpaired) electrons. The molecule has 1 aromatic heterocycles. The summed E-state index contributed by atoms with van der Waals surface area (Å²) < 4.78 is 2.11. The minimum atomic E-state index is 0.130. The molecule has 4 rings (SSSR count). The van der Waals surface area contributed by atoms with Crippen molar-refractivity contribution >= 4 is 23.4 Å². The largest absolute Gasteiger partial charge is 0.309 e. The van der Waals surface area contributed by atoms with E-state index in [1.54, 1.807) is 0 Å². The predicted octanol–water partition coefficient (Wildman–Crippen LogP) is 4.35. The number of hydrogen-bond acceptors (Lipinski definition) is 4. The zero-order chi connectivity index (χ0) is 20.2. The summed E-state index contributed by atoms with van der Waals surface area (Å²) in [6.07, 6.45) is 2.77. The highest BCUT2D eigenvalue weighted by molar-refractivity contribution is 7.99. The van der Waals surface area contributed by atoms with Crippen molar-refractivity contribution in [1.29, 1.82) is 0 Å². The second kappa shape index (κ2) is 8.82. The van der Waals surface area contributed by atoms with Gasteiger partial charge in [-0.2, -0.15) is 0 Å². The van der Waals surface area contributed by atoms with E-state index in [1.807, 2.05) is 35.2 Å². The Morgan fingerprint density at radius 3 is 2.66 bits per heavy atom. The minimum absolute atomic E-state index is 0.130. The van der Waals surface area contributed by atoms with Crippen LogP contribution >= 0.6 is 11.8 Å². The molecule has 2 aromatic carbocycles. The number of fused-ring (bicyclic) bond motifs is 1. The quantitative estimate of drug-likeness (QED) is 0.571. The lowest BCUT2D eigenvalue weighted by Gasteiger charge is -2.35. The van der Waals surface area contributed by atoms with Crippen LogP contribution in [0.25, 0.3) is 0 Å². The maximum Gasteiger partial charge on any atom is 0.237 e. The molecule has 6 heteroatoms. The Hall–Kier alpha value is -2.60. The van der Waals surface area contributed by atoms with E-state index in [1.165, 1.54) is 22.9 Å². The van der Waals surface area contributed by atoms with E-state index in [9.17, 15) is 4.79 Å². The summed E-state index contributed by atoms with van der Waals surface area (Å²) in [5.74, 6) is 1.43. The number of para-hydroxylation sites is 1. The molecule has 3 aromatic rings. The fourth-order valence-corrected chi connectivity index (χ4v) is 4.80. The Morgan fingerprint density at radius 1 is 1.10 bits per heavy atom. The van der Waals surface area contributed by atoms with Gasteiger partial charge in [-0.1, -0.05) is 60.3 Å². The number of anilines is 1. The van der Waals surface area contributed by atoms with Gasteiger partial charge >= 0.3 is 0 Å². The molecular weight excluding hydrogens is 380 g/mol. The summed E-state index contributed by atoms with van der Waals surface area (Å²) in [5.41, 5.74) is 3.52. The van der Waals surface area contributed by atoms with Crippen molar-refractivity contribution in [2.75, 3.05) is 10.7 Å². The second-order valence-electron chi connectivity index (χ2n) is 7.37. The SMILES string of the molecule is CCn1c(Cc2ccccc2)nnc1SCC(=O)N1c2ccccc2CCC1C. The third-order valence-electron chi connectivity index (χ3n) is 5.43. The van der Waals surface area contributed by atoms with Crippen LogP contribution < -0.4 is 4.90 Å². The second-order valence-corrected chi connectivity index (χ2v) is 8.32. The van der Waals surface area contributed by atoms with Crippen molar-refractivity contribution in [3.63, 3.8) is 0 Å². The Morgan fingerprint density at radius 2 is 1.86 bits per heavy atom. The highest BCUT2D eigenvalue weighted by Crippen LogP contribution is 2.31. The van der Waals surface area contributed by atoms with Crippen LogP contribution in [0.4, 0.5) is 5.69 Å². The van der Waals surface area contributed by atoms with Crippen molar-refractivity contribution < 1.29 is 4.79 Å². The number of benzene rings is 2. The number of carbonyl (C=O) groups is 1. The molecule has 1 aliphatic heterocycles. The third-order valence-corrected chi connectivity index (χ3v) is 6.38. The van der Waals surface area contributed by atoms with Crippen LogP contribution in [0.1, 0.15) is 37.2 Å². The van der Waals surface area contributed by atoms with Crippen molar-refractivity contribution in [1.82, 2.24) is 14.8 Å². The number of thioether (sulfide) groups is 1. The molecule has 1 aliphatic rings. The van der Waals surface area contributed by atoms with Gasteiger partial charge < -0.3 is 9.47 Å². The maximum absolute atomic E-state index is 13.1. The van der Waals surface area contributed by atoms with Crippen LogP contribution in [0.15, 0.2) is 59.8 Å². The van der Waals surface area contributed by atoms with Gasteiger partial charge in [-0.15, -0.1) is 10.2 Å². The number of aryl methyl sites for hydroxylation is 1. The highest BCUT2D eigenvalue weighted by Gasteiger charge is 2.28. The van der Waals surface area contributed by atoms with Crippen molar-refractivity contribution in [3.8, 4) is 0 Å². The molecule has 5 nitrogen and oxygen atoms in total. The van der Waals surface area contributed by atoms with E-state index in [-0.39, 0.29) is 11.9 Å². The lowest BCUT2D eigenvalue weighted by molar-refractivity contribution is -0.116. The topological polar surface area (TPSA) is 51.0 Å². The number of rotatable bonds is 6. The molecule has 150 valence electrons. The fourth-order valence-electron chi connectivity index (χ4n) is 3.92. The first-order valence-electron chi connectivity index (χ1n) is 10.2. The molecule has 1 amide bonds. The van der Waals surface area contributed by atoms with Crippen molar-refractivity contribution in [2.45, 2.75) is 50.9 Å². The molecule has 29 heavy (non-hydrogen) atoms. The minimum Gasteiger partial charge on any atom is -0.309 e. The van der Waals surface area contributed by atoms with Gasteiger partial charge in [-0.05, 0) is 43.9 Å². The van der Waals surface area contributed by atoms with E-state index in [2.05, 4.69) is 52.9 Å². The monoisotopic (exact) mass is 406 g/mol. The molecule has 0 spiro atoms. The van der Waals surface area contributed by atoms with Crippen LogP contribution in [0.5, 0.6) is 0 Å². The zero-order valence-electron chi connectivity index (χ0n) is 16.9. The first kappa shape index (κ1) is 19.7. The van der Waals surface area contributed by atoms with Crippen LogP contribution in [-0.4, -0.2) is 32.5 Å². The van der Waals surface area contributed by atoms with Crippen LogP contribution in [-0.2, 0) is 24.2 Å². The number of hydrogen-bond donors (Lipinski definition) is 0. The van der Waals surface area contributed by atoms with Crippen molar-refractivity contribution in [2.24, 2.45) is 0 Å². The Kier molecular flexibility index (Phi) is 6.00. The fraction of sp³-hybridized carbons (Fsp3) is 0.348. The Labute approximate surface area is 176 Å². The first-order chi connectivity index (χ1) is 14.2. The van der Waals surface area contributed by atoms with Gasteiger partial charge in [-0.25, -0.2) is 0 Å². The lowest BCUT2D eigenvalue weighted by Crippen LogP contribution is -2.43. The molecule has 0 bridgehead atoms. The number of carbonyl (C=O) groups excluding carboxylic acids is 1. The van der Waals surface area contributed by atoms with Crippen molar-refractivity contribution in [3.05, 3.63) is 71.5 Å². The molecular formula is C23H26N4OS. The number of nitrogens with zero attached hydrogens (tertiary/aromatic N) is 4. The standard InChI is InChI=1S/C23H26N4OS/c1-3-26-21(15-18-9-5-4-6-10-18)24-25-23(26)29-16-22(28)27-17(2)13-14-19-11-7-8-12-20(19)27/h4-12,17H,3,13-16H2,1-2H3. The average molecular weight is 407 g/mol. The van der Waals surface area contributed by atoms with E-state index in [4.69, 9.17) is 0 Å². The van der Waals surface area contributed by atoms with E-state index < -0.39 is 0 Å². The summed E-state index contributed by atoms with van der Waals surface area (Å²) in [4.78, 5) is 15.1. The Bertz CT molecular complexity index is 986. The average Bonchev–Trinajstić information content (AvgIpc) is 3.14. The summed E-state index contributed by atoms with van der Waals surface area (Å²) in [6.45, 7) is 5.01. The summed E-state index contributed by atoms with van der Waals surface area (Å²) in [7, 11) is 0. The highest BCUT2D eigenvalue weighted by atomic mass is 32.2. The molecule has 1 unspecified atom stereocenters. The first-order valence-corrected chi connectivity index (χ1v) is 11.1. The Balaban J connectivity index is 1.47. The summed E-state index contributed by atoms with van der Waals surface area (Å²) >= 11 is 1.48. The molecule has 0 fully saturated rings. The molecule has 0 saturated carbocycles. The van der Waals surface area contributed by atoms with Gasteiger partial charge in [0.1, 0.15) is 5.82 Å². The normalized spacial score (nSPS) is 15.9. The predicted molar refractivity (Wildman–Crippen MR) is 117 cm³/mol. The molecule has 0 saturated heterocycles. The van der Waals surface area contributed by atoms with Gasteiger partial charge in [0.2, 0.25) is 5.91 Å². The van der Waals surface area contributed by atoms with Crippen LogP contribution in [0.3, 0.4) is 0 Å². The van der Waals surface area contributed by atoms with Crippen LogP contribution in [0, 0.1) is 0 Å². The summed E-state index contributed by atoms with van der Waals surface area (Å²) in [6, 6.07) is 18.7. The lowest BCUT2D eigenvalue weighted by atomic mass is 9.97. The van der Waals surface area contributed by atoms with E-state index in [0.29, 0.717) is 5.75 Å². The smallest absolute Gasteiger partial charge is 0.237 e. The van der Waals surface area contributed by atoms with E-state index in [0.717, 1.165) is 42.5 Å². The van der Waals surface area contributed by atoms with Gasteiger partial charge in [0.15, 0.2) is 5.16 Å². The van der Waals surface area contributed by atoms with E-state index >= 15 is 0 Å². The van der Waals surface area contributed by atoms with Gasteiger partial charge in [0.25, 0.3) is 0 Å². The zero-order valence-corrected chi connectivity index (χ0v) is 17.7. The molecule has 0 N–H and O–H groups in total. The number of aromatic nitrogens is 3. The third kappa shape index (κ3) is 4.22. The van der Waals surface area contributed by atoms with Gasteiger partial charge in [0, 0.05) is 24.7 Å². The molecule has 0 aliphatic carbocycles. The van der Waals surface area contributed by atoms with Gasteiger partial charge in [-0.3, -0.25) is 4.79 Å². The summed E-state index contributed by atoms with van der Waals surface area (Å²) in [5, 5.41) is 9.57. The maximum atomic E-state index is 13.1. The van der Waals surface area contributed by atoms with Crippen LogP contribution in [0.2, 0.25) is 0 Å². The molecule has 1 atom stereocenters. The van der Waals surface area contributed by atoms with Gasteiger partial charge in [0.05, 0.1) is 5.75 Å². The number of amides is 1.